The molecular formula is C26H25Cl2N3O. The van der Waals surface area contributed by atoms with Gasteiger partial charge in [0.2, 0.25) is 0 Å². The van der Waals surface area contributed by atoms with E-state index < -0.39 is 0 Å². The lowest BCUT2D eigenvalue weighted by molar-refractivity contribution is 0.256. The molecule has 0 saturated heterocycles. The van der Waals surface area contributed by atoms with Gasteiger partial charge in [-0.25, -0.2) is 0 Å². The van der Waals surface area contributed by atoms with E-state index >= 15 is 0 Å². The van der Waals surface area contributed by atoms with E-state index in [4.69, 9.17) is 23.2 Å². The standard InChI is InChI=1S/C26H25Cl2N3O/c27-21-8-3-6-19(14-21)17-31(18-20-7-4-9-22(28)15-20)13-5-12-29-26-16-25(32)23-10-1-2-11-24(23)30-26/h1-4,6-11,14-16H,5,12-13,17-18H2,(H2,29,30,32). The largest absolute Gasteiger partial charge is 0.371 e. The van der Waals surface area contributed by atoms with Crippen LogP contribution in [-0.4, -0.2) is 23.0 Å². The van der Waals surface area contributed by atoms with Gasteiger partial charge in [-0.3, -0.25) is 9.69 Å². The first-order chi connectivity index (χ1) is 15.6. The number of nitrogens with one attached hydrogen (secondary N) is 2. The van der Waals surface area contributed by atoms with Crippen molar-refractivity contribution in [1.29, 1.82) is 0 Å². The lowest BCUT2D eigenvalue weighted by Gasteiger charge is -2.23. The van der Waals surface area contributed by atoms with Crippen LogP contribution in [0.5, 0.6) is 0 Å². The summed E-state index contributed by atoms with van der Waals surface area (Å²) in [6, 6.07) is 25.1. The maximum atomic E-state index is 12.3. The Bertz CT molecular complexity index is 1210. The summed E-state index contributed by atoms with van der Waals surface area (Å²) in [5.74, 6) is 0.741. The van der Waals surface area contributed by atoms with Crippen molar-refractivity contribution in [2.24, 2.45) is 0 Å². The number of H-pyrrole nitrogens is 1. The van der Waals surface area contributed by atoms with Crippen molar-refractivity contribution in [2.75, 3.05) is 18.4 Å². The van der Waals surface area contributed by atoms with Crippen LogP contribution in [0.15, 0.2) is 83.7 Å². The van der Waals surface area contributed by atoms with Crippen molar-refractivity contribution in [3.8, 4) is 0 Å². The summed E-state index contributed by atoms with van der Waals surface area (Å²) in [7, 11) is 0. The van der Waals surface area contributed by atoms with Crippen molar-refractivity contribution >= 4 is 39.9 Å². The number of rotatable bonds is 9. The van der Waals surface area contributed by atoms with E-state index in [0.29, 0.717) is 5.39 Å². The second kappa shape index (κ2) is 10.7. The van der Waals surface area contributed by atoms with Gasteiger partial charge in [-0.15, -0.1) is 0 Å². The summed E-state index contributed by atoms with van der Waals surface area (Å²) in [6.07, 6.45) is 0.913. The molecule has 2 N–H and O–H groups in total. The molecule has 4 nitrogen and oxygen atoms in total. The van der Waals surface area contributed by atoms with Gasteiger partial charge in [-0.1, -0.05) is 59.6 Å². The molecule has 1 heterocycles. The minimum Gasteiger partial charge on any atom is -0.371 e. The fourth-order valence-corrected chi connectivity index (χ4v) is 4.24. The molecule has 4 rings (SSSR count). The van der Waals surface area contributed by atoms with Gasteiger partial charge in [-0.2, -0.15) is 0 Å². The molecule has 6 heteroatoms. The Kier molecular flexibility index (Phi) is 7.48. The molecule has 0 unspecified atom stereocenters. The minimum atomic E-state index is 0.0189. The van der Waals surface area contributed by atoms with Crippen LogP contribution in [0.1, 0.15) is 17.5 Å². The number of hydrogen-bond acceptors (Lipinski definition) is 3. The molecule has 164 valence electrons. The number of anilines is 1. The highest BCUT2D eigenvalue weighted by molar-refractivity contribution is 6.30. The molecule has 0 aliphatic carbocycles. The van der Waals surface area contributed by atoms with Gasteiger partial charge in [0, 0.05) is 47.7 Å². The first-order valence-corrected chi connectivity index (χ1v) is 11.4. The van der Waals surface area contributed by atoms with E-state index in [0.717, 1.165) is 54.0 Å². The number of nitrogens with zero attached hydrogens (tertiary/aromatic N) is 1. The van der Waals surface area contributed by atoms with Crippen molar-refractivity contribution in [1.82, 2.24) is 9.88 Å². The fraction of sp³-hybridized carbons (Fsp3) is 0.192. The van der Waals surface area contributed by atoms with E-state index in [2.05, 4.69) is 27.3 Å². The number of aromatic amines is 1. The molecule has 0 saturated carbocycles. The zero-order valence-electron chi connectivity index (χ0n) is 17.7. The smallest absolute Gasteiger partial charge is 0.191 e. The quantitative estimate of drug-likeness (QED) is 0.283. The minimum absolute atomic E-state index is 0.0189. The van der Waals surface area contributed by atoms with Gasteiger partial charge in [0.1, 0.15) is 5.82 Å². The maximum Gasteiger partial charge on any atom is 0.191 e. The molecule has 0 aliphatic heterocycles. The zero-order chi connectivity index (χ0) is 22.3. The van der Waals surface area contributed by atoms with Crippen LogP contribution in [-0.2, 0) is 13.1 Å². The molecule has 0 atom stereocenters. The molecule has 32 heavy (non-hydrogen) atoms. The Labute approximate surface area is 197 Å². The van der Waals surface area contributed by atoms with Gasteiger partial charge in [-0.05, 0) is 53.9 Å². The molecule has 0 aliphatic rings. The monoisotopic (exact) mass is 465 g/mol. The highest BCUT2D eigenvalue weighted by atomic mass is 35.5. The molecule has 0 fully saturated rings. The van der Waals surface area contributed by atoms with Crippen molar-refractivity contribution in [3.63, 3.8) is 0 Å². The van der Waals surface area contributed by atoms with Crippen LogP contribution >= 0.6 is 23.2 Å². The normalized spacial score (nSPS) is 11.2. The van der Waals surface area contributed by atoms with E-state index in [-0.39, 0.29) is 5.43 Å². The van der Waals surface area contributed by atoms with Crippen LogP contribution in [0.2, 0.25) is 10.0 Å². The van der Waals surface area contributed by atoms with E-state index in [1.807, 2.05) is 60.7 Å². The molecule has 0 bridgehead atoms. The van der Waals surface area contributed by atoms with Gasteiger partial charge in [0.25, 0.3) is 0 Å². The van der Waals surface area contributed by atoms with Crippen molar-refractivity contribution < 1.29 is 0 Å². The topological polar surface area (TPSA) is 48.1 Å². The average Bonchev–Trinajstić information content (AvgIpc) is 2.77. The van der Waals surface area contributed by atoms with E-state index in [1.165, 1.54) is 11.1 Å². The summed E-state index contributed by atoms with van der Waals surface area (Å²) >= 11 is 12.4. The number of halogens is 2. The van der Waals surface area contributed by atoms with Crippen LogP contribution in [0.3, 0.4) is 0 Å². The molecule has 4 aromatic rings. The van der Waals surface area contributed by atoms with E-state index in [9.17, 15) is 4.79 Å². The van der Waals surface area contributed by atoms with Gasteiger partial charge in [0.05, 0.1) is 5.52 Å². The lowest BCUT2D eigenvalue weighted by Crippen LogP contribution is -2.25. The molecular weight excluding hydrogens is 441 g/mol. The van der Waals surface area contributed by atoms with Gasteiger partial charge < -0.3 is 10.3 Å². The number of pyridine rings is 1. The van der Waals surface area contributed by atoms with Crippen molar-refractivity contribution in [3.05, 3.63) is 110 Å². The molecule has 3 aromatic carbocycles. The number of aromatic nitrogens is 1. The van der Waals surface area contributed by atoms with Crippen LogP contribution in [0.4, 0.5) is 5.82 Å². The third-order valence-corrected chi connectivity index (χ3v) is 5.76. The van der Waals surface area contributed by atoms with Gasteiger partial charge >= 0.3 is 0 Å². The molecule has 0 radical (unpaired) electrons. The molecule has 1 aromatic heterocycles. The molecule has 0 spiro atoms. The summed E-state index contributed by atoms with van der Waals surface area (Å²) in [5, 5.41) is 5.54. The summed E-state index contributed by atoms with van der Waals surface area (Å²) in [5.41, 5.74) is 3.20. The Morgan fingerprint density at radius 3 is 2.12 bits per heavy atom. The summed E-state index contributed by atoms with van der Waals surface area (Å²) < 4.78 is 0. The Morgan fingerprint density at radius 2 is 1.47 bits per heavy atom. The molecule has 0 amide bonds. The number of fused-ring (bicyclic) bond motifs is 1. The predicted molar refractivity (Wildman–Crippen MR) is 135 cm³/mol. The summed E-state index contributed by atoms with van der Waals surface area (Å²) in [4.78, 5) is 18.0. The Balaban J connectivity index is 1.39. The van der Waals surface area contributed by atoms with Gasteiger partial charge in [0.15, 0.2) is 5.43 Å². The number of hydrogen-bond donors (Lipinski definition) is 2. The maximum absolute atomic E-state index is 12.3. The lowest BCUT2D eigenvalue weighted by atomic mass is 10.1. The van der Waals surface area contributed by atoms with Crippen LogP contribution < -0.4 is 10.7 Å². The average molecular weight is 466 g/mol. The highest BCUT2D eigenvalue weighted by Gasteiger charge is 2.09. The third-order valence-electron chi connectivity index (χ3n) is 5.29. The van der Waals surface area contributed by atoms with Crippen LogP contribution in [0.25, 0.3) is 10.9 Å². The van der Waals surface area contributed by atoms with E-state index in [1.54, 1.807) is 6.07 Å². The fourth-order valence-electron chi connectivity index (χ4n) is 3.82. The SMILES string of the molecule is O=c1cc(NCCCN(Cc2cccc(Cl)c2)Cc2cccc(Cl)c2)[nH]c2ccccc12. The number of benzene rings is 3. The Morgan fingerprint density at radius 1 is 0.812 bits per heavy atom. The second-order valence-electron chi connectivity index (χ2n) is 7.84. The summed E-state index contributed by atoms with van der Waals surface area (Å²) in [6.45, 7) is 3.21. The highest BCUT2D eigenvalue weighted by Crippen LogP contribution is 2.17. The Hall–Kier alpha value is -2.79. The van der Waals surface area contributed by atoms with Crippen molar-refractivity contribution in [2.45, 2.75) is 19.5 Å². The number of para-hydroxylation sites is 1. The second-order valence-corrected chi connectivity index (χ2v) is 8.72. The van der Waals surface area contributed by atoms with Crippen LogP contribution in [0, 0.1) is 0 Å². The first-order valence-electron chi connectivity index (χ1n) is 10.6. The third kappa shape index (κ3) is 6.13. The predicted octanol–water partition coefficient (Wildman–Crippen LogP) is 6.34. The zero-order valence-corrected chi connectivity index (χ0v) is 19.2. The first kappa shape index (κ1) is 22.4.